The fourth-order valence-electron chi connectivity index (χ4n) is 3.15. The van der Waals surface area contributed by atoms with E-state index in [-0.39, 0.29) is 43.0 Å². The Morgan fingerprint density at radius 3 is 2.74 bits per heavy atom. The van der Waals surface area contributed by atoms with Gasteiger partial charge in [0.05, 0.1) is 17.1 Å². The summed E-state index contributed by atoms with van der Waals surface area (Å²) < 4.78 is 55.0. The summed E-state index contributed by atoms with van der Waals surface area (Å²) in [5.41, 5.74) is 6.19. The number of aromatic nitrogens is 2. The average molecular weight is 387 g/mol. The van der Waals surface area contributed by atoms with E-state index in [2.05, 4.69) is 4.98 Å². The molecule has 0 aliphatic carbocycles. The first-order valence-electron chi connectivity index (χ1n) is 8.61. The molecule has 2 aromatic rings. The third-order valence-corrected chi connectivity index (χ3v) is 4.76. The molecule has 1 aliphatic heterocycles. The van der Waals surface area contributed by atoms with Crippen LogP contribution in [-0.2, 0) is 11.3 Å². The van der Waals surface area contributed by atoms with Crippen LogP contribution >= 0.6 is 0 Å². The summed E-state index contributed by atoms with van der Waals surface area (Å²) >= 11 is 0. The SMILES string of the molecule is CN(CCF)C(=O)Cn1c(N2CC[C@@H](F)[C@H](N)C2)nc2cc(F)c(F)cc21. The van der Waals surface area contributed by atoms with Gasteiger partial charge in [-0.15, -0.1) is 0 Å². The second-order valence-electron chi connectivity index (χ2n) is 6.67. The first-order chi connectivity index (χ1) is 12.8. The number of nitrogens with zero attached hydrogens (tertiary/aromatic N) is 4. The Morgan fingerprint density at radius 1 is 1.37 bits per heavy atom. The Balaban J connectivity index is 2.02. The molecule has 2 N–H and O–H groups in total. The van der Waals surface area contributed by atoms with Crippen molar-refractivity contribution in [3.05, 3.63) is 23.8 Å². The van der Waals surface area contributed by atoms with Crippen LogP contribution in [0.15, 0.2) is 12.1 Å². The lowest BCUT2D eigenvalue weighted by Crippen LogP contribution is -2.50. The highest BCUT2D eigenvalue weighted by atomic mass is 19.2. The van der Waals surface area contributed by atoms with E-state index in [4.69, 9.17) is 5.73 Å². The van der Waals surface area contributed by atoms with Gasteiger partial charge in [-0.25, -0.2) is 22.5 Å². The monoisotopic (exact) mass is 387 g/mol. The smallest absolute Gasteiger partial charge is 0.242 e. The van der Waals surface area contributed by atoms with Crippen molar-refractivity contribution in [1.29, 1.82) is 0 Å². The lowest BCUT2D eigenvalue weighted by molar-refractivity contribution is -0.130. The number of carbonyl (C=O) groups is 1. The predicted octanol–water partition coefficient (Wildman–Crippen LogP) is 1.62. The second-order valence-corrected chi connectivity index (χ2v) is 6.67. The molecule has 1 aliphatic rings. The molecular weight excluding hydrogens is 366 g/mol. The average Bonchev–Trinajstić information content (AvgIpc) is 2.95. The summed E-state index contributed by atoms with van der Waals surface area (Å²) in [5, 5.41) is 0. The van der Waals surface area contributed by atoms with Crippen molar-refractivity contribution in [2.24, 2.45) is 5.73 Å². The van der Waals surface area contributed by atoms with Gasteiger partial charge in [-0.05, 0) is 6.42 Å². The molecule has 2 atom stereocenters. The van der Waals surface area contributed by atoms with Gasteiger partial charge in [0, 0.05) is 38.8 Å². The Morgan fingerprint density at radius 2 is 2.07 bits per heavy atom. The molecule has 1 aromatic heterocycles. The molecule has 0 unspecified atom stereocenters. The van der Waals surface area contributed by atoms with Crippen molar-refractivity contribution in [2.45, 2.75) is 25.2 Å². The normalized spacial score (nSPS) is 20.3. The number of halogens is 4. The number of carbonyl (C=O) groups excluding carboxylic acids is 1. The summed E-state index contributed by atoms with van der Waals surface area (Å²) in [7, 11) is 1.45. The number of rotatable bonds is 5. The number of nitrogens with two attached hydrogens (primary N) is 1. The summed E-state index contributed by atoms with van der Waals surface area (Å²) in [4.78, 5) is 19.6. The largest absolute Gasteiger partial charge is 0.342 e. The third kappa shape index (κ3) is 3.85. The molecule has 3 rings (SSSR count). The topological polar surface area (TPSA) is 67.4 Å². The fourth-order valence-corrected chi connectivity index (χ4v) is 3.15. The van der Waals surface area contributed by atoms with E-state index in [1.807, 2.05) is 0 Å². The lowest BCUT2D eigenvalue weighted by Gasteiger charge is -2.34. The number of imidazole rings is 1. The van der Waals surface area contributed by atoms with Gasteiger partial charge >= 0.3 is 0 Å². The zero-order chi connectivity index (χ0) is 19.7. The molecule has 0 saturated carbocycles. The minimum absolute atomic E-state index is 0.0814. The van der Waals surface area contributed by atoms with E-state index in [0.717, 1.165) is 12.1 Å². The molecule has 0 spiro atoms. The van der Waals surface area contributed by atoms with E-state index in [9.17, 15) is 22.4 Å². The summed E-state index contributed by atoms with van der Waals surface area (Å²) in [5.74, 6) is -2.26. The van der Waals surface area contributed by atoms with Crippen molar-refractivity contribution in [3.8, 4) is 0 Å². The van der Waals surface area contributed by atoms with Crippen molar-refractivity contribution >= 4 is 22.9 Å². The van der Waals surface area contributed by atoms with Crippen molar-refractivity contribution < 1.29 is 22.4 Å². The number of benzene rings is 1. The maximum Gasteiger partial charge on any atom is 0.242 e. The minimum Gasteiger partial charge on any atom is -0.342 e. The maximum absolute atomic E-state index is 13.8. The van der Waals surface area contributed by atoms with Crippen LogP contribution in [-0.4, -0.2) is 65.9 Å². The van der Waals surface area contributed by atoms with Crippen LogP contribution in [0.5, 0.6) is 0 Å². The van der Waals surface area contributed by atoms with Crippen LogP contribution in [0.25, 0.3) is 11.0 Å². The van der Waals surface area contributed by atoms with Crippen LogP contribution in [0.1, 0.15) is 6.42 Å². The van der Waals surface area contributed by atoms with E-state index >= 15 is 0 Å². The zero-order valence-electron chi connectivity index (χ0n) is 14.8. The summed E-state index contributed by atoms with van der Waals surface area (Å²) in [6.07, 6.45) is -0.964. The molecular formula is C17H21F4N5O. The summed E-state index contributed by atoms with van der Waals surface area (Å²) in [6.45, 7) is -0.555. The molecule has 10 heteroatoms. The Hall–Kier alpha value is -2.36. The molecule has 0 bridgehead atoms. The van der Waals surface area contributed by atoms with Gasteiger partial charge in [0.1, 0.15) is 19.4 Å². The van der Waals surface area contributed by atoms with Gasteiger partial charge in [0.2, 0.25) is 11.9 Å². The molecule has 0 radical (unpaired) electrons. The van der Waals surface area contributed by atoms with Crippen LogP contribution in [0.3, 0.4) is 0 Å². The number of likely N-dealkylation sites (N-methyl/N-ethyl adjacent to an activating group) is 1. The highest BCUT2D eigenvalue weighted by molar-refractivity contribution is 5.83. The minimum atomic E-state index is -1.15. The molecule has 1 aromatic carbocycles. The number of hydrogen-bond acceptors (Lipinski definition) is 4. The third-order valence-electron chi connectivity index (χ3n) is 4.76. The van der Waals surface area contributed by atoms with Crippen LogP contribution in [0.4, 0.5) is 23.5 Å². The maximum atomic E-state index is 13.8. The quantitative estimate of drug-likeness (QED) is 0.792. The molecule has 6 nitrogen and oxygen atoms in total. The molecule has 1 saturated heterocycles. The van der Waals surface area contributed by atoms with E-state index in [0.29, 0.717) is 6.54 Å². The van der Waals surface area contributed by atoms with Gasteiger partial charge in [-0.2, -0.15) is 0 Å². The summed E-state index contributed by atoms with van der Waals surface area (Å²) in [6, 6.07) is 1.18. The van der Waals surface area contributed by atoms with E-state index in [1.54, 1.807) is 4.90 Å². The van der Waals surface area contributed by atoms with Gasteiger partial charge in [0.25, 0.3) is 0 Å². The fraction of sp³-hybridized carbons (Fsp3) is 0.529. The number of amides is 1. The van der Waals surface area contributed by atoms with Crippen molar-refractivity contribution in [2.75, 3.05) is 38.3 Å². The van der Waals surface area contributed by atoms with Gasteiger partial charge in [-0.1, -0.05) is 0 Å². The lowest BCUT2D eigenvalue weighted by atomic mass is 10.1. The van der Waals surface area contributed by atoms with Crippen molar-refractivity contribution in [3.63, 3.8) is 0 Å². The van der Waals surface area contributed by atoms with Crippen LogP contribution in [0, 0.1) is 11.6 Å². The van der Waals surface area contributed by atoms with E-state index < -0.39 is 36.4 Å². The number of fused-ring (bicyclic) bond motifs is 1. The highest BCUT2D eigenvalue weighted by Gasteiger charge is 2.30. The van der Waals surface area contributed by atoms with Crippen molar-refractivity contribution in [1.82, 2.24) is 14.5 Å². The zero-order valence-corrected chi connectivity index (χ0v) is 14.8. The Labute approximate surface area is 153 Å². The van der Waals surface area contributed by atoms with Gasteiger partial charge < -0.3 is 20.1 Å². The number of alkyl halides is 2. The van der Waals surface area contributed by atoms with E-state index in [1.165, 1.54) is 16.5 Å². The molecule has 1 amide bonds. The molecule has 148 valence electrons. The number of hydrogen-bond donors (Lipinski definition) is 1. The van der Waals surface area contributed by atoms with Gasteiger partial charge in [0.15, 0.2) is 11.6 Å². The predicted molar refractivity (Wildman–Crippen MR) is 93.0 cm³/mol. The van der Waals surface area contributed by atoms with Crippen LogP contribution < -0.4 is 10.6 Å². The Bertz CT molecular complexity index is 842. The highest BCUT2D eigenvalue weighted by Crippen LogP contribution is 2.27. The molecule has 1 fully saturated rings. The first-order valence-corrected chi connectivity index (χ1v) is 8.61. The first kappa shape index (κ1) is 19.4. The van der Waals surface area contributed by atoms with Gasteiger partial charge in [-0.3, -0.25) is 4.79 Å². The number of anilines is 1. The molecule has 2 heterocycles. The number of piperidine rings is 1. The molecule has 27 heavy (non-hydrogen) atoms. The van der Waals surface area contributed by atoms with Crippen LogP contribution in [0.2, 0.25) is 0 Å². The standard InChI is InChI=1S/C17H21F4N5O/c1-24(5-3-18)16(27)9-26-15-7-12(21)11(20)6-14(15)23-17(26)25-4-2-10(19)13(22)8-25/h6-7,10,13H,2-5,8-9,22H2,1H3/t10-,13-/m1/s1. The Kier molecular flexibility index (Phi) is 5.54. The second kappa shape index (κ2) is 7.71.